The highest BCUT2D eigenvalue weighted by molar-refractivity contribution is 5.92. The molecule has 0 radical (unpaired) electrons. The van der Waals surface area contributed by atoms with E-state index in [1.54, 1.807) is 0 Å². The molecule has 1 aromatic heterocycles. The molecule has 0 aliphatic rings. The summed E-state index contributed by atoms with van der Waals surface area (Å²) in [5, 5.41) is 0. The Morgan fingerprint density at radius 3 is 2.73 bits per heavy atom. The van der Waals surface area contributed by atoms with E-state index in [9.17, 15) is 4.79 Å². The predicted octanol–water partition coefficient (Wildman–Crippen LogP) is 2.22. The van der Waals surface area contributed by atoms with E-state index in [2.05, 4.69) is 11.9 Å². The zero-order valence-corrected chi connectivity index (χ0v) is 9.42. The summed E-state index contributed by atoms with van der Waals surface area (Å²) in [6, 6.07) is 3.88. The van der Waals surface area contributed by atoms with Crippen molar-refractivity contribution in [3.63, 3.8) is 0 Å². The minimum atomic E-state index is -0.440. The monoisotopic (exact) mass is 206 g/mol. The summed E-state index contributed by atoms with van der Waals surface area (Å²) in [4.78, 5) is 15.3. The van der Waals surface area contributed by atoms with E-state index in [1.165, 1.54) is 12.8 Å². The maximum absolute atomic E-state index is 11.1. The number of rotatable bonds is 5. The van der Waals surface area contributed by atoms with Gasteiger partial charge in [0.05, 0.1) is 0 Å². The molecule has 1 aromatic rings. The second-order valence-electron chi connectivity index (χ2n) is 3.79. The van der Waals surface area contributed by atoms with Crippen molar-refractivity contribution in [3.8, 4) is 0 Å². The first-order valence-corrected chi connectivity index (χ1v) is 5.41. The molecule has 0 unspecified atom stereocenters. The van der Waals surface area contributed by atoms with Gasteiger partial charge in [0.2, 0.25) is 0 Å². The zero-order valence-electron chi connectivity index (χ0n) is 9.42. The number of hydrogen-bond donors (Lipinski definition) is 1. The maximum atomic E-state index is 11.1. The van der Waals surface area contributed by atoms with Crippen LogP contribution in [0.3, 0.4) is 0 Å². The predicted molar refractivity (Wildman–Crippen MR) is 60.7 cm³/mol. The summed E-state index contributed by atoms with van der Waals surface area (Å²) in [7, 11) is 0. The molecule has 0 saturated heterocycles. The number of primary amides is 1. The molecule has 0 bridgehead atoms. The molecular formula is C12H18N2O. The minimum Gasteiger partial charge on any atom is -0.364 e. The third-order valence-electron chi connectivity index (χ3n) is 2.42. The van der Waals surface area contributed by atoms with Gasteiger partial charge in [0.15, 0.2) is 0 Å². The summed E-state index contributed by atoms with van der Waals surface area (Å²) in [6.45, 7) is 4.01. The van der Waals surface area contributed by atoms with Gasteiger partial charge in [-0.1, -0.05) is 25.8 Å². The van der Waals surface area contributed by atoms with Crippen LogP contribution in [0, 0.1) is 6.92 Å². The lowest BCUT2D eigenvalue weighted by Gasteiger charge is -2.04. The molecule has 0 aromatic carbocycles. The van der Waals surface area contributed by atoms with Gasteiger partial charge in [0.1, 0.15) is 5.69 Å². The van der Waals surface area contributed by atoms with Crippen molar-refractivity contribution in [1.29, 1.82) is 0 Å². The van der Waals surface area contributed by atoms with Gasteiger partial charge in [-0.3, -0.25) is 4.79 Å². The first-order valence-electron chi connectivity index (χ1n) is 5.41. The third kappa shape index (κ3) is 3.35. The van der Waals surface area contributed by atoms with Crippen molar-refractivity contribution in [1.82, 2.24) is 4.98 Å². The van der Waals surface area contributed by atoms with Gasteiger partial charge in [-0.2, -0.15) is 0 Å². The van der Waals surface area contributed by atoms with Gasteiger partial charge >= 0.3 is 0 Å². The number of pyridine rings is 1. The highest BCUT2D eigenvalue weighted by Gasteiger charge is 2.07. The Labute approximate surface area is 90.7 Å². The van der Waals surface area contributed by atoms with Gasteiger partial charge in [-0.15, -0.1) is 0 Å². The van der Waals surface area contributed by atoms with Crippen LogP contribution in [-0.4, -0.2) is 10.9 Å². The van der Waals surface area contributed by atoms with Crippen LogP contribution in [0.5, 0.6) is 0 Å². The van der Waals surface area contributed by atoms with Crippen molar-refractivity contribution in [3.05, 3.63) is 29.1 Å². The van der Waals surface area contributed by atoms with Crippen molar-refractivity contribution < 1.29 is 4.79 Å². The van der Waals surface area contributed by atoms with Crippen LogP contribution in [-0.2, 0) is 6.42 Å². The quantitative estimate of drug-likeness (QED) is 0.751. The van der Waals surface area contributed by atoms with Crippen molar-refractivity contribution in [2.75, 3.05) is 0 Å². The van der Waals surface area contributed by atoms with E-state index < -0.39 is 5.91 Å². The molecule has 0 aliphatic heterocycles. The Morgan fingerprint density at radius 1 is 1.40 bits per heavy atom. The molecule has 1 heterocycles. The summed E-state index contributed by atoms with van der Waals surface area (Å²) >= 11 is 0. The van der Waals surface area contributed by atoms with Crippen LogP contribution < -0.4 is 5.73 Å². The van der Waals surface area contributed by atoms with Gasteiger partial charge in [0.25, 0.3) is 5.91 Å². The fraction of sp³-hybridized carbons (Fsp3) is 0.500. The number of nitrogens with two attached hydrogens (primary N) is 1. The minimum absolute atomic E-state index is 0.406. The van der Waals surface area contributed by atoms with Gasteiger partial charge in [-0.05, 0) is 31.4 Å². The maximum Gasteiger partial charge on any atom is 0.267 e. The Bertz CT molecular complexity index is 347. The van der Waals surface area contributed by atoms with Crippen LogP contribution in [0.15, 0.2) is 12.1 Å². The molecule has 1 rings (SSSR count). The SMILES string of the molecule is CCCCCc1ccc(C)c(C(N)=O)n1. The molecular weight excluding hydrogens is 188 g/mol. The highest BCUT2D eigenvalue weighted by Crippen LogP contribution is 2.09. The van der Waals surface area contributed by atoms with Gasteiger partial charge in [0, 0.05) is 5.69 Å². The summed E-state index contributed by atoms with van der Waals surface area (Å²) in [5.41, 5.74) is 7.45. The van der Waals surface area contributed by atoms with E-state index in [1.807, 2.05) is 19.1 Å². The van der Waals surface area contributed by atoms with Gasteiger partial charge in [-0.25, -0.2) is 4.98 Å². The van der Waals surface area contributed by atoms with Crippen LogP contribution >= 0.6 is 0 Å². The molecule has 0 spiro atoms. The molecule has 0 aliphatic carbocycles. The molecule has 1 amide bonds. The van der Waals surface area contributed by atoms with Crippen molar-refractivity contribution in [2.24, 2.45) is 5.73 Å². The molecule has 0 saturated carbocycles. The van der Waals surface area contributed by atoms with Gasteiger partial charge < -0.3 is 5.73 Å². The van der Waals surface area contributed by atoms with E-state index in [0.717, 1.165) is 24.1 Å². The second kappa shape index (κ2) is 5.49. The lowest BCUT2D eigenvalue weighted by atomic mass is 10.1. The number of hydrogen-bond acceptors (Lipinski definition) is 2. The average molecular weight is 206 g/mol. The smallest absolute Gasteiger partial charge is 0.267 e. The number of unbranched alkanes of at least 4 members (excludes halogenated alkanes) is 2. The number of aromatic nitrogens is 1. The Balaban J connectivity index is 2.74. The number of nitrogens with zero attached hydrogens (tertiary/aromatic N) is 1. The fourth-order valence-electron chi connectivity index (χ4n) is 1.51. The van der Waals surface area contributed by atoms with E-state index in [-0.39, 0.29) is 0 Å². The van der Waals surface area contributed by atoms with E-state index in [0.29, 0.717) is 5.69 Å². The number of aryl methyl sites for hydroxylation is 2. The average Bonchev–Trinajstić information content (AvgIpc) is 2.20. The lowest BCUT2D eigenvalue weighted by Crippen LogP contribution is -2.15. The molecule has 82 valence electrons. The van der Waals surface area contributed by atoms with Crippen LogP contribution in [0.25, 0.3) is 0 Å². The largest absolute Gasteiger partial charge is 0.364 e. The highest BCUT2D eigenvalue weighted by atomic mass is 16.1. The summed E-state index contributed by atoms with van der Waals surface area (Å²) < 4.78 is 0. The number of carbonyl (C=O) groups excluding carboxylic acids is 1. The Hall–Kier alpha value is -1.38. The topological polar surface area (TPSA) is 56.0 Å². The first-order chi connectivity index (χ1) is 7.15. The number of amides is 1. The van der Waals surface area contributed by atoms with Crippen molar-refractivity contribution in [2.45, 2.75) is 39.5 Å². The van der Waals surface area contributed by atoms with E-state index in [4.69, 9.17) is 5.73 Å². The molecule has 3 nitrogen and oxygen atoms in total. The molecule has 2 N–H and O–H groups in total. The normalized spacial score (nSPS) is 10.3. The standard InChI is InChI=1S/C12H18N2O/c1-3-4-5-6-10-8-7-9(2)11(14-10)12(13)15/h7-8H,3-6H2,1-2H3,(H2,13,15). The van der Waals surface area contributed by atoms with Crippen molar-refractivity contribution >= 4 is 5.91 Å². The molecule has 0 atom stereocenters. The Kier molecular flexibility index (Phi) is 4.28. The molecule has 0 fully saturated rings. The van der Waals surface area contributed by atoms with Crippen LogP contribution in [0.2, 0.25) is 0 Å². The number of carbonyl (C=O) groups is 1. The molecule has 15 heavy (non-hydrogen) atoms. The fourth-order valence-corrected chi connectivity index (χ4v) is 1.51. The van der Waals surface area contributed by atoms with Crippen LogP contribution in [0.1, 0.15) is 47.9 Å². The van der Waals surface area contributed by atoms with Crippen LogP contribution in [0.4, 0.5) is 0 Å². The zero-order chi connectivity index (χ0) is 11.3. The second-order valence-corrected chi connectivity index (χ2v) is 3.79. The Morgan fingerprint density at radius 2 is 2.13 bits per heavy atom. The first kappa shape index (κ1) is 11.7. The lowest BCUT2D eigenvalue weighted by molar-refractivity contribution is 0.0994. The summed E-state index contributed by atoms with van der Waals surface area (Å²) in [6.07, 6.45) is 4.43. The van der Waals surface area contributed by atoms with E-state index >= 15 is 0 Å². The third-order valence-corrected chi connectivity index (χ3v) is 2.42. The molecule has 3 heteroatoms. The summed E-state index contributed by atoms with van der Waals surface area (Å²) in [5.74, 6) is -0.440.